The van der Waals surface area contributed by atoms with E-state index in [0.717, 1.165) is 6.07 Å². The Hall–Kier alpha value is -2.18. The van der Waals surface area contributed by atoms with Crippen molar-refractivity contribution < 1.29 is 39.5 Å². The van der Waals surface area contributed by atoms with Gasteiger partial charge in [0, 0.05) is 5.56 Å². The van der Waals surface area contributed by atoms with Crippen LogP contribution in [0.4, 0.5) is 39.5 Å². The van der Waals surface area contributed by atoms with E-state index in [9.17, 15) is 39.5 Å². The molecule has 0 unspecified atom stereocenters. The highest BCUT2D eigenvalue weighted by Crippen LogP contribution is 2.44. The lowest BCUT2D eigenvalue weighted by atomic mass is 9.95. The number of alkyl halides is 6. The average molecular weight is 319 g/mol. The molecule has 10 heteroatoms. The van der Waals surface area contributed by atoms with Gasteiger partial charge in [-0.3, -0.25) is 0 Å². The van der Waals surface area contributed by atoms with Gasteiger partial charge in [0.05, 0.1) is 11.6 Å². The van der Waals surface area contributed by atoms with Crippen LogP contribution >= 0.6 is 0 Å². The third kappa shape index (κ3) is 2.81. The second-order valence-electron chi connectivity index (χ2n) is 3.65. The van der Waals surface area contributed by atoms with Gasteiger partial charge < -0.3 is 0 Å². The van der Waals surface area contributed by atoms with Crippen LogP contribution in [-0.4, -0.2) is 0 Å². The van der Waals surface area contributed by atoms with Crippen molar-refractivity contribution in [2.24, 2.45) is 0 Å². The molecule has 1 rings (SSSR count). The minimum atomic E-state index is -5.80. The number of rotatable bonds is 1. The van der Waals surface area contributed by atoms with E-state index >= 15 is 0 Å². The summed E-state index contributed by atoms with van der Waals surface area (Å²) in [5.74, 6) is -8.75. The van der Waals surface area contributed by atoms with Crippen molar-refractivity contribution in [2.45, 2.75) is 12.4 Å². The number of nitrogens with zero attached hydrogens (tertiary/aromatic N) is 1. The molecule has 1 nitrogen and oxygen atoms in total. The second-order valence-corrected chi connectivity index (χ2v) is 3.65. The van der Waals surface area contributed by atoms with E-state index in [-0.39, 0.29) is 0 Å². The molecule has 0 amide bonds. The van der Waals surface area contributed by atoms with Gasteiger partial charge in [-0.1, -0.05) is 6.58 Å². The molecule has 0 fully saturated rings. The smallest absolute Gasteiger partial charge is 0.205 e. The maximum absolute atomic E-state index is 13.6. The maximum Gasteiger partial charge on any atom is 0.422 e. The van der Waals surface area contributed by atoms with Gasteiger partial charge in [-0.05, 0) is 0 Å². The van der Waals surface area contributed by atoms with Crippen molar-refractivity contribution in [1.82, 2.24) is 0 Å². The lowest BCUT2D eigenvalue weighted by Crippen LogP contribution is -2.21. The molecular weight excluding hydrogens is 317 g/mol. The third-order valence-corrected chi connectivity index (χ3v) is 2.32. The van der Waals surface area contributed by atoms with Crippen LogP contribution in [0.3, 0.4) is 0 Å². The molecule has 21 heavy (non-hydrogen) atoms. The number of benzene rings is 1. The molecule has 0 saturated heterocycles. The van der Waals surface area contributed by atoms with Gasteiger partial charge in [0.25, 0.3) is 0 Å². The first-order chi connectivity index (χ1) is 9.34. The Morgan fingerprint density at radius 2 is 1.19 bits per heavy atom. The molecule has 0 atom stereocenters. The summed E-state index contributed by atoms with van der Waals surface area (Å²) in [5, 5.41) is 8.38. The quantitative estimate of drug-likeness (QED) is 0.419. The minimum Gasteiger partial charge on any atom is -0.205 e. The maximum atomic E-state index is 13.6. The topological polar surface area (TPSA) is 23.8 Å². The van der Waals surface area contributed by atoms with E-state index < -0.39 is 52.1 Å². The van der Waals surface area contributed by atoms with Gasteiger partial charge in [-0.15, -0.1) is 0 Å². The Morgan fingerprint density at radius 1 is 0.810 bits per heavy atom. The van der Waals surface area contributed by atoms with Crippen molar-refractivity contribution in [3.05, 3.63) is 40.7 Å². The molecule has 0 aliphatic heterocycles. The summed E-state index contributed by atoms with van der Waals surface area (Å²) in [6, 6.07) is 0.869. The van der Waals surface area contributed by atoms with Crippen LogP contribution in [0.5, 0.6) is 0 Å². The van der Waals surface area contributed by atoms with Crippen molar-refractivity contribution >= 4 is 5.57 Å². The van der Waals surface area contributed by atoms with Gasteiger partial charge in [-0.25, -0.2) is 13.2 Å². The molecule has 0 saturated carbocycles. The van der Waals surface area contributed by atoms with Crippen molar-refractivity contribution in [3.63, 3.8) is 0 Å². The molecule has 0 heterocycles. The summed E-state index contributed by atoms with van der Waals surface area (Å²) >= 11 is 0. The Bertz CT molecular complexity index is 646. The van der Waals surface area contributed by atoms with Crippen LogP contribution in [0.15, 0.2) is 6.58 Å². The molecule has 0 radical (unpaired) electrons. The van der Waals surface area contributed by atoms with E-state index in [1.54, 1.807) is 0 Å². The van der Waals surface area contributed by atoms with Crippen LogP contribution in [-0.2, 0) is 12.4 Å². The number of allylic oxidation sites excluding steroid dienone is 1. The van der Waals surface area contributed by atoms with Crippen molar-refractivity contribution in [2.75, 3.05) is 0 Å². The van der Waals surface area contributed by atoms with Gasteiger partial charge >= 0.3 is 12.4 Å². The van der Waals surface area contributed by atoms with E-state index in [2.05, 4.69) is 6.58 Å². The van der Waals surface area contributed by atoms with Crippen LogP contribution in [0.2, 0.25) is 0 Å². The number of hydrogen-bond donors (Lipinski definition) is 0. The molecule has 114 valence electrons. The van der Waals surface area contributed by atoms with Gasteiger partial charge in [0.2, 0.25) is 0 Å². The molecule has 0 aromatic heterocycles. The summed E-state index contributed by atoms with van der Waals surface area (Å²) in [7, 11) is 0. The molecule has 1 aromatic carbocycles. The predicted octanol–water partition coefficient (Wildman–Crippen LogP) is 4.68. The fourth-order valence-corrected chi connectivity index (χ4v) is 1.51. The van der Waals surface area contributed by atoms with Crippen molar-refractivity contribution in [3.8, 4) is 6.07 Å². The normalized spacial score (nSPS) is 12.2. The summed E-state index contributed by atoms with van der Waals surface area (Å²) < 4.78 is 115. The molecule has 0 spiro atoms. The van der Waals surface area contributed by atoms with Gasteiger partial charge in [-0.2, -0.15) is 31.6 Å². The van der Waals surface area contributed by atoms with E-state index in [1.807, 2.05) is 0 Å². The first-order valence-corrected chi connectivity index (χ1v) is 4.78. The zero-order valence-corrected chi connectivity index (χ0v) is 9.56. The standard InChI is InChI=1S/C11H2F9N/c1-3(2-21)4-5(10(15,16)17)8(13)9(14)6(7(4)12)11(18,19)20/h1H2. The van der Waals surface area contributed by atoms with Gasteiger partial charge in [0.15, 0.2) is 11.6 Å². The number of halogens is 9. The van der Waals surface area contributed by atoms with Crippen LogP contribution in [0.1, 0.15) is 16.7 Å². The minimum absolute atomic E-state index is 0.869. The summed E-state index contributed by atoms with van der Waals surface area (Å²) in [5.41, 5.74) is -9.02. The second kappa shape index (κ2) is 4.98. The lowest BCUT2D eigenvalue weighted by molar-refractivity contribution is -0.147. The number of hydrogen-bond acceptors (Lipinski definition) is 1. The molecule has 1 aromatic rings. The highest BCUT2D eigenvalue weighted by molar-refractivity contribution is 5.78. The van der Waals surface area contributed by atoms with Crippen LogP contribution in [0.25, 0.3) is 5.57 Å². The van der Waals surface area contributed by atoms with Crippen molar-refractivity contribution in [1.29, 1.82) is 5.26 Å². The van der Waals surface area contributed by atoms with Gasteiger partial charge in [0.1, 0.15) is 16.9 Å². The highest BCUT2D eigenvalue weighted by Gasteiger charge is 2.47. The molecule has 0 aliphatic rings. The largest absolute Gasteiger partial charge is 0.422 e. The predicted molar refractivity (Wildman–Crippen MR) is 51.0 cm³/mol. The van der Waals surface area contributed by atoms with Crippen LogP contribution in [0, 0.1) is 28.8 Å². The van der Waals surface area contributed by atoms with E-state index in [4.69, 9.17) is 5.26 Å². The highest BCUT2D eigenvalue weighted by atomic mass is 19.4. The zero-order valence-electron chi connectivity index (χ0n) is 9.56. The molecular formula is C11H2F9N. The molecule has 0 N–H and O–H groups in total. The fraction of sp³-hybridized carbons (Fsp3) is 0.182. The summed E-state index contributed by atoms with van der Waals surface area (Å²) in [6.45, 7) is 2.61. The molecule has 0 bridgehead atoms. The lowest BCUT2D eigenvalue weighted by Gasteiger charge is -2.18. The summed E-state index contributed by atoms with van der Waals surface area (Å²) in [6.07, 6.45) is -11.5. The fourth-order valence-electron chi connectivity index (χ4n) is 1.51. The first-order valence-electron chi connectivity index (χ1n) is 4.78. The SMILES string of the molecule is C=C(C#N)c1c(F)c(C(F)(F)F)c(F)c(F)c1C(F)(F)F. The Labute approximate surface area is 110 Å². The van der Waals surface area contributed by atoms with E-state index in [0.29, 0.717) is 0 Å². The molecule has 0 aliphatic carbocycles. The van der Waals surface area contributed by atoms with E-state index in [1.165, 1.54) is 0 Å². The van der Waals surface area contributed by atoms with Crippen LogP contribution < -0.4 is 0 Å². The summed E-state index contributed by atoms with van der Waals surface area (Å²) in [4.78, 5) is 0. The third-order valence-electron chi connectivity index (χ3n) is 2.32. The monoisotopic (exact) mass is 319 g/mol. The average Bonchev–Trinajstić information content (AvgIpc) is 2.29. The Balaban J connectivity index is 4.05. The Kier molecular flexibility index (Phi) is 4.00. The Morgan fingerprint density at radius 3 is 1.52 bits per heavy atom. The first kappa shape index (κ1) is 16.9. The number of nitriles is 1. The zero-order chi connectivity index (χ0) is 16.7.